The number of ether oxygens (including phenoxy) is 1. The Bertz CT molecular complexity index is 624. The van der Waals surface area contributed by atoms with E-state index in [1.54, 1.807) is 7.11 Å². The predicted molar refractivity (Wildman–Crippen MR) is 85.4 cm³/mol. The maximum absolute atomic E-state index is 5.25. The summed E-state index contributed by atoms with van der Waals surface area (Å²) in [7, 11) is 1.69. The quantitative estimate of drug-likeness (QED) is 0.932. The Morgan fingerprint density at radius 1 is 1.05 bits per heavy atom. The van der Waals surface area contributed by atoms with Crippen molar-refractivity contribution < 1.29 is 4.74 Å². The highest BCUT2D eigenvalue weighted by atomic mass is 16.5. The summed E-state index contributed by atoms with van der Waals surface area (Å²) in [4.78, 5) is 4.92. The van der Waals surface area contributed by atoms with E-state index in [0.717, 1.165) is 5.84 Å². The van der Waals surface area contributed by atoms with Gasteiger partial charge in [-0.3, -0.25) is 4.99 Å². The minimum Gasteiger partial charge on any atom is -0.377 e. The first-order valence-corrected chi connectivity index (χ1v) is 7.19. The smallest absolute Gasteiger partial charge is 0.124 e. The van der Waals surface area contributed by atoms with Gasteiger partial charge in [0.2, 0.25) is 0 Å². The Balaban J connectivity index is 2.04. The zero-order chi connectivity index (χ0) is 14.7. The summed E-state index contributed by atoms with van der Waals surface area (Å²) in [6, 6.07) is 21.0. The molecule has 0 aliphatic carbocycles. The second kappa shape index (κ2) is 5.70. The second-order valence-corrected chi connectivity index (χ2v) is 5.49. The zero-order valence-electron chi connectivity index (χ0n) is 12.4. The maximum atomic E-state index is 5.25. The molecule has 0 amide bonds. The second-order valence-electron chi connectivity index (χ2n) is 5.49. The molecule has 108 valence electrons. The molecule has 0 saturated heterocycles. The molecule has 0 fully saturated rings. The summed E-state index contributed by atoms with van der Waals surface area (Å²) in [5, 5.41) is 3.52. The van der Waals surface area contributed by atoms with Crippen molar-refractivity contribution in [3.05, 3.63) is 71.8 Å². The van der Waals surface area contributed by atoms with Crippen LogP contribution in [-0.4, -0.2) is 19.6 Å². The highest BCUT2D eigenvalue weighted by molar-refractivity contribution is 5.86. The van der Waals surface area contributed by atoms with E-state index in [9.17, 15) is 0 Å². The first-order valence-electron chi connectivity index (χ1n) is 7.19. The molecule has 2 aromatic carbocycles. The monoisotopic (exact) mass is 280 g/mol. The number of rotatable bonds is 4. The molecule has 1 aliphatic rings. The van der Waals surface area contributed by atoms with Gasteiger partial charge < -0.3 is 10.1 Å². The molecule has 1 N–H and O–H groups in total. The molecule has 0 spiro atoms. The summed E-state index contributed by atoms with van der Waals surface area (Å²) < 4.78 is 5.25. The average molecular weight is 280 g/mol. The van der Waals surface area contributed by atoms with Crippen molar-refractivity contribution in [1.82, 2.24) is 5.32 Å². The summed E-state index contributed by atoms with van der Waals surface area (Å²) in [6.07, 6.45) is 0. The average Bonchev–Trinajstić information content (AvgIpc) is 2.87. The van der Waals surface area contributed by atoms with Crippen LogP contribution in [0.5, 0.6) is 0 Å². The van der Waals surface area contributed by atoms with E-state index >= 15 is 0 Å². The van der Waals surface area contributed by atoms with Crippen molar-refractivity contribution in [2.75, 3.05) is 13.7 Å². The van der Waals surface area contributed by atoms with E-state index in [1.807, 2.05) is 12.1 Å². The summed E-state index contributed by atoms with van der Waals surface area (Å²) >= 11 is 0. The third kappa shape index (κ3) is 2.57. The highest BCUT2D eigenvalue weighted by Crippen LogP contribution is 2.41. The van der Waals surface area contributed by atoms with Gasteiger partial charge in [-0.05, 0) is 18.1 Å². The van der Waals surface area contributed by atoms with Gasteiger partial charge in [0.05, 0.1) is 6.04 Å². The van der Waals surface area contributed by atoms with Crippen molar-refractivity contribution in [1.29, 1.82) is 0 Å². The van der Waals surface area contributed by atoms with E-state index in [2.05, 4.69) is 60.8 Å². The van der Waals surface area contributed by atoms with Gasteiger partial charge in [-0.2, -0.15) is 0 Å². The maximum Gasteiger partial charge on any atom is 0.124 e. The normalized spacial score (nSPS) is 24.5. The van der Waals surface area contributed by atoms with E-state index in [0.29, 0.717) is 6.61 Å². The lowest BCUT2D eigenvalue weighted by atomic mass is 9.82. The lowest BCUT2D eigenvalue weighted by molar-refractivity contribution is 0.243. The van der Waals surface area contributed by atoms with E-state index in [-0.39, 0.29) is 11.6 Å². The Hall–Kier alpha value is -2.13. The summed E-state index contributed by atoms with van der Waals surface area (Å²) in [6.45, 7) is 2.68. The van der Waals surface area contributed by atoms with Crippen LogP contribution in [0.1, 0.15) is 24.1 Å². The minimum atomic E-state index is -0.323. The molecule has 3 nitrogen and oxygen atoms in total. The van der Waals surface area contributed by atoms with Crippen LogP contribution in [0.2, 0.25) is 0 Å². The van der Waals surface area contributed by atoms with Crippen molar-refractivity contribution in [3.8, 4) is 0 Å². The molecule has 3 heteroatoms. The number of aliphatic imine (C=N–C) groups is 1. The van der Waals surface area contributed by atoms with Crippen LogP contribution >= 0.6 is 0 Å². The van der Waals surface area contributed by atoms with Crippen LogP contribution in [0.25, 0.3) is 0 Å². The molecule has 0 aromatic heterocycles. The standard InChI is InChI=1S/C18H20N2O/c1-18(15-11-7-4-8-12-15)17(14-9-5-3-6-10-14)19-16(20-18)13-21-2/h3-12,17H,13H2,1-2H3,(H,19,20). The topological polar surface area (TPSA) is 33.6 Å². The Labute approximate surface area is 125 Å². The van der Waals surface area contributed by atoms with Gasteiger partial charge >= 0.3 is 0 Å². The lowest BCUT2D eigenvalue weighted by Gasteiger charge is -2.30. The molecule has 0 radical (unpaired) electrons. The van der Waals surface area contributed by atoms with Crippen LogP contribution in [0.4, 0.5) is 0 Å². The fourth-order valence-electron chi connectivity index (χ4n) is 2.96. The van der Waals surface area contributed by atoms with E-state index < -0.39 is 0 Å². The molecule has 3 rings (SSSR count). The highest BCUT2D eigenvalue weighted by Gasteiger charge is 2.42. The molecular formula is C18H20N2O. The summed E-state index contributed by atoms with van der Waals surface area (Å²) in [5.74, 6) is 0.901. The van der Waals surface area contributed by atoms with Crippen LogP contribution < -0.4 is 5.32 Å². The molecule has 1 heterocycles. The van der Waals surface area contributed by atoms with Crippen molar-refractivity contribution >= 4 is 5.84 Å². The predicted octanol–water partition coefficient (Wildman–Crippen LogP) is 3.29. The fraction of sp³-hybridized carbons (Fsp3) is 0.278. The van der Waals surface area contributed by atoms with Crippen LogP contribution in [0.15, 0.2) is 65.7 Å². The number of nitrogens with one attached hydrogen (secondary N) is 1. The number of benzene rings is 2. The molecular weight excluding hydrogens is 260 g/mol. The van der Waals surface area contributed by atoms with Gasteiger partial charge in [-0.15, -0.1) is 0 Å². The van der Waals surface area contributed by atoms with Gasteiger partial charge in [0.25, 0.3) is 0 Å². The van der Waals surface area contributed by atoms with Gasteiger partial charge in [-0.25, -0.2) is 0 Å². The van der Waals surface area contributed by atoms with Crippen molar-refractivity contribution in [2.45, 2.75) is 18.5 Å². The Kier molecular flexibility index (Phi) is 3.76. The Morgan fingerprint density at radius 3 is 2.29 bits per heavy atom. The third-order valence-corrected chi connectivity index (χ3v) is 4.01. The van der Waals surface area contributed by atoms with Crippen molar-refractivity contribution in [3.63, 3.8) is 0 Å². The summed E-state index contributed by atoms with van der Waals surface area (Å²) in [5.41, 5.74) is 2.12. The number of amidine groups is 1. The molecule has 21 heavy (non-hydrogen) atoms. The first kappa shape index (κ1) is 13.8. The van der Waals surface area contributed by atoms with Gasteiger partial charge in [-0.1, -0.05) is 60.7 Å². The number of hydrogen-bond acceptors (Lipinski definition) is 3. The molecule has 2 atom stereocenters. The van der Waals surface area contributed by atoms with Crippen molar-refractivity contribution in [2.24, 2.45) is 4.99 Å². The SMILES string of the molecule is COCC1=NC(C)(c2ccccc2)C(c2ccccc2)N1. The largest absolute Gasteiger partial charge is 0.377 e. The van der Waals surface area contributed by atoms with Gasteiger partial charge in [0.15, 0.2) is 0 Å². The van der Waals surface area contributed by atoms with Crippen LogP contribution in [-0.2, 0) is 10.3 Å². The molecule has 2 aromatic rings. The van der Waals surface area contributed by atoms with Crippen LogP contribution in [0, 0.1) is 0 Å². The molecule has 2 unspecified atom stereocenters. The van der Waals surface area contributed by atoms with E-state index in [1.165, 1.54) is 11.1 Å². The van der Waals surface area contributed by atoms with Gasteiger partial charge in [0, 0.05) is 7.11 Å². The first-order chi connectivity index (χ1) is 10.2. The number of methoxy groups -OCH3 is 1. The third-order valence-electron chi connectivity index (χ3n) is 4.01. The molecule has 0 saturated carbocycles. The fourth-order valence-corrected chi connectivity index (χ4v) is 2.96. The van der Waals surface area contributed by atoms with Crippen LogP contribution in [0.3, 0.4) is 0 Å². The molecule has 0 bridgehead atoms. The number of nitrogens with zero attached hydrogens (tertiary/aromatic N) is 1. The minimum absolute atomic E-state index is 0.117. The Morgan fingerprint density at radius 2 is 1.67 bits per heavy atom. The zero-order valence-corrected chi connectivity index (χ0v) is 12.4. The lowest BCUT2D eigenvalue weighted by Crippen LogP contribution is -2.33. The molecule has 1 aliphatic heterocycles. The van der Waals surface area contributed by atoms with E-state index in [4.69, 9.17) is 9.73 Å². The van der Waals surface area contributed by atoms with Gasteiger partial charge in [0.1, 0.15) is 18.0 Å². The number of hydrogen-bond donors (Lipinski definition) is 1.